The van der Waals surface area contributed by atoms with E-state index in [-0.39, 0.29) is 17.1 Å². The molecule has 1 aliphatic rings. The molecule has 1 heterocycles. The van der Waals surface area contributed by atoms with Gasteiger partial charge in [0.15, 0.2) is 0 Å². The van der Waals surface area contributed by atoms with Gasteiger partial charge in [0, 0.05) is 17.6 Å². The summed E-state index contributed by atoms with van der Waals surface area (Å²) in [5.41, 5.74) is -0.100. The first kappa shape index (κ1) is 16.6. The van der Waals surface area contributed by atoms with Crippen molar-refractivity contribution in [2.45, 2.75) is 77.8 Å². The fraction of sp³-hybridized carbons (Fsp3) is 0.929. The minimum Gasteiger partial charge on any atom is -0.336 e. The smallest absolute Gasteiger partial charge is 0.336 e. The molecule has 5 heteroatoms. The van der Waals surface area contributed by atoms with E-state index < -0.39 is 0 Å². The van der Waals surface area contributed by atoms with E-state index in [1.54, 1.807) is 0 Å². The fourth-order valence-corrected chi connectivity index (χ4v) is 3.59. The summed E-state index contributed by atoms with van der Waals surface area (Å²) >= 11 is 4.44. The number of carbonyl (C=O) groups is 1. The van der Waals surface area contributed by atoms with Crippen molar-refractivity contribution in [2.24, 2.45) is 0 Å². The number of carbonyl (C=O) groups excluding carboxylic acids is 1. The minimum absolute atomic E-state index is 0.0500. The average molecular weight is 287 g/mol. The number of piperidine rings is 1. The molecule has 1 rings (SSSR count). The van der Waals surface area contributed by atoms with E-state index in [9.17, 15) is 4.79 Å². The summed E-state index contributed by atoms with van der Waals surface area (Å²) < 4.78 is 1.48. The van der Waals surface area contributed by atoms with Crippen LogP contribution in [0.1, 0.15) is 66.7 Å². The highest BCUT2D eigenvalue weighted by Gasteiger charge is 2.45. The van der Waals surface area contributed by atoms with Crippen LogP contribution in [0.25, 0.3) is 0 Å². The van der Waals surface area contributed by atoms with Crippen molar-refractivity contribution in [3.63, 3.8) is 0 Å². The number of hydrazine groups is 1. The van der Waals surface area contributed by atoms with Gasteiger partial charge in [0.05, 0.1) is 0 Å². The molecule has 19 heavy (non-hydrogen) atoms. The van der Waals surface area contributed by atoms with E-state index in [1.165, 1.54) is 10.8 Å². The SMILES string of the molecule is CCCCNC(=O)N(S)N1C(C)(C)CCCC1(C)C. The molecule has 0 radical (unpaired) electrons. The summed E-state index contributed by atoms with van der Waals surface area (Å²) in [6, 6.07) is -0.125. The van der Waals surface area contributed by atoms with Crippen molar-refractivity contribution in [2.75, 3.05) is 6.54 Å². The van der Waals surface area contributed by atoms with Crippen LogP contribution in [-0.2, 0) is 0 Å². The maximum absolute atomic E-state index is 12.2. The number of rotatable bonds is 4. The Labute approximate surface area is 123 Å². The lowest BCUT2D eigenvalue weighted by molar-refractivity contribution is -0.110. The molecule has 0 aromatic heterocycles. The Morgan fingerprint density at radius 3 is 2.26 bits per heavy atom. The number of amides is 2. The van der Waals surface area contributed by atoms with E-state index in [2.05, 4.69) is 57.8 Å². The largest absolute Gasteiger partial charge is 0.342 e. The lowest BCUT2D eigenvalue weighted by Gasteiger charge is -2.54. The van der Waals surface area contributed by atoms with Crippen LogP contribution < -0.4 is 5.32 Å². The van der Waals surface area contributed by atoms with Crippen LogP contribution in [0.15, 0.2) is 0 Å². The van der Waals surface area contributed by atoms with Crippen LogP contribution in [-0.4, -0.2) is 33.1 Å². The minimum atomic E-state index is -0.125. The third-order valence-electron chi connectivity index (χ3n) is 3.90. The molecule has 0 atom stereocenters. The first-order chi connectivity index (χ1) is 8.72. The lowest BCUT2D eigenvalue weighted by atomic mass is 9.82. The van der Waals surface area contributed by atoms with E-state index in [1.807, 2.05) is 0 Å². The number of thiol groups is 1. The van der Waals surface area contributed by atoms with Crippen LogP contribution in [0.4, 0.5) is 4.79 Å². The number of unbranched alkanes of at least 4 members (excludes halogenated alkanes) is 1. The van der Waals surface area contributed by atoms with Crippen molar-refractivity contribution in [3.05, 3.63) is 0 Å². The molecule has 0 aliphatic carbocycles. The highest BCUT2D eigenvalue weighted by Crippen LogP contribution is 2.39. The van der Waals surface area contributed by atoms with Gasteiger partial charge >= 0.3 is 6.03 Å². The van der Waals surface area contributed by atoms with Gasteiger partial charge in [-0.25, -0.2) is 4.79 Å². The van der Waals surface area contributed by atoms with E-state index >= 15 is 0 Å². The highest BCUT2D eigenvalue weighted by atomic mass is 32.1. The Kier molecular flexibility index (Phi) is 5.56. The van der Waals surface area contributed by atoms with Crippen LogP contribution >= 0.6 is 12.8 Å². The third-order valence-corrected chi connectivity index (χ3v) is 4.26. The molecule has 0 aromatic rings. The normalized spacial score (nSPS) is 22.0. The molecular formula is C14H29N3OS. The molecule has 1 N–H and O–H groups in total. The molecule has 0 aromatic carbocycles. The maximum atomic E-state index is 12.2. The predicted molar refractivity (Wildman–Crippen MR) is 83.0 cm³/mol. The van der Waals surface area contributed by atoms with Gasteiger partial charge < -0.3 is 5.32 Å². The Hall–Kier alpha value is -0.420. The summed E-state index contributed by atoms with van der Waals surface area (Å²) in [6.45, 7) is 11.5. The van der Waals surface area contributed by atoms with Crippen LogP contribution in [0, 0.1) is 0 Å². The predicted octanol–water partition coefficient (Wildman–Crippen LogP) is 3.60. The Morgan fingerprint density at radius 1 is 1.26 bits per heavy atom. The molecule has 2 amide bonds. The van der Waals surface area contributed by atoms with Gasteiger partial charge in [-0.2, -0.15) is 9.42 Å². The molecule has 112 valence electrons. The number of urea groups is 1. The average Bonchev–Trinajstić information content (AvgIpc) is 2.26. The summed E-state index contributed by atoms with van der Waals surface area (Å²) in [5.74, 6) is 0. The van der Waals surface area contributed by atoms with Gasteiger partial charge in [-0.1, -0.05) is 13.3 Å². The van der Waals surface area contributed by atoms with Crippen molar-refractivity contribution in [1.82, 2.24) is 14.7 Å². The molecule has 0 unspecified atom stereocenters. The monoisotopic (exact) mass is 287 g/mol. The van der Waals surface area contributed by atoms with Crippen molar-refractivity contribution in [3.8, 4) is 0 Å². The van der Waals surface area contributed by atoms with Gasteiger partial charge in [-0.05, 0) is 66.2 Å². The first-order valence-corrected chi connectivity index (χ1v) is 7.69. The standard InChI is InChI=1S/C14H29N3OS/c1-6-7-11-15-12(18)16(19)17-13(2,3)9-8-10-14(17,4)5/h19H,6-11H2,1-5H3,(H,15,18). The zero-order chi connectivity index (χ0) is 14.7. The second-order valence-electron chi connectivity index (χ2n) is 6.67. The lowest BCUT2D eigenvalue weighted by Crippen LogP contribution is -2.65. The van der Waals surface area contributed by atoms with Gasteiger partial charge in [0.25, 0.3) is 0 Å². The van der Waals surface area contributed by atoms with Gasteiger partial charge in [-0.15, -0.1) is 0 Å². The molecular weight excluding hydrogens is 258 g/mol. The molecule has 1 saturated heterocycles. The summed E-state index contributed by atoms with van der Waals surface area (Å²) in [4.78, 5) is 12.2. The van der Waals surface area contributed by atoms with E-state index in [4.69, 9.17) is 0 Å². The number of nitrogens with one attached hydrogen (secondary N) is 1. The van der Waals surface area contributed by atoms with E-state index in [0.29, 0.717) is 6.54 Å². The summed E-state index contributed by atoms with van der Waals surface area (Å²) in [6.07, 6.45) is 5.43. The highest BCUT2D eigenvalue weighted by molar-refractivity contribution is 7.78. The second kappa shape index (κ2) is 6.35. The van der Waals surface area contributed by atoms with Gasteiger partial charge in [-0.3, -0.25) is 0 Å². The van der Waals surface area contributed by atoms with Crippen LogP contribution in [0.5, 0.6) is 0 Å². The zero-order valence-electron chi connectivity index (χ0n) is 13.0. The summed E-state index contributed by atoms with van der Waals surface area (Å²) in [7, 11) is 0. The molecule has 1 fully saturated rings. The zero-order valence-corrected chi connectivity index (χ0v) is 13.9. The molecule has 4 nitrogen and oxygen atoms in total. The Bertz CT molecular complexity index is 302. The van der Waals surface area contributed by atoms with Crippen LogP contribution in [0.3, 0.4) is 0 Å². The maximum Gasteiger partial charge on any atom is 0.342 e. The number of hydrogen-bond acceptors (Lipinski definition) is 3. The van der Waals surface area contributed by atoms with Crippen molar-refractivity contribution >= 4 is 18.8 Å². The summed E-state index contributed by atoms with van der Waals surface area (Å²) in [5, 5.41) is 5.04. The van der Waals surface area contributed by atoms with Crippen molar-refractivity contribution < 1.29 is 4.79 Å². The molecule has 1 aliphatic heterocycles. The Morgan fingerprint density at radius 2 is 1.79 bits per heavy atom. The molecule has 0 saturated carbocycles. The number of nitrogens with zero attached hydrogens (tertiary/aromatic N) is 2. The van der Waals surface area contributed by atoms with Gasteiger partial charge in [0.1, 0.15) is 0 Å². The second-order valence-corrected chi connectivity index (χ2v) is 7.04. The fourth-order valence-electron chi connectivity index (χ4n) is 3.03. The molecule has 0 bridgehead atoms. The Balaban J connectivity index is 2.76. The quantitative estimate of drug-likeness (QED) is 0.612. The molecule has 0 spiro atoms. The van der Waals surface area contributed by atoms with Crippen molar-refractivity contribution in [1.29, 1.82) is 0 Å². The van der Waals surface area contributed by atoms with E-state index in [0.717, 1.165) is 25.7 Å². The number of hydrogen-bond donors (Lipinski definition) is 2. The topological polar surface area (TPSA) is 35.6 Å². The van der Waals surface area contributed by atoms with Gasteiger partial charge in [0.2, 0.25) is 0 Å². The van der Waals surface area contributed by atoms with Crippen LogP contribution in [0.2, 0.25) is 0 Å². The third kappa shape index (κ3) is 4.02. The first-order valence-electron chi connectivity index (χ1n) is 7.29.